The average Bonchev–Trinajstić information content (AvgIpc) is 3.33. The molecule has 0 radical (unpaired) electrons. The predicted octanol–water partition coefficient (Wildman–Crippen LogP) is 2.95. The van der Waals surface area contributed by atoms with Gasteiger partial charge in [0.25, 0.3) is 0 Å². The van der Waals surface area contributed by atoms with Crippen molar-refractivity contribution in [1.29, 1.82) is 0 Å². The van der Waals surface area contributed by atoms with Gasteiger partial charge in [0.05, 0.1) is 5.69 Å². The van der Waals surface area contributed by atoms with Gasteiger partial charge in [-0.2, -0.15) is 0 Å². The highest BCUT2D eigenvalue weighted by molar-refractivity contribution is 5.29. The first kappa shape index (κ1) is 16.1. The molecule has 7 heteroatoms. The molecular weight excluding hydrogens is 316 g/mol. The molecule has 0 bridgehead atoms. The molecule has 0 N–H and O–H groups in total. The lowest BCUT2D eigenvalue weighted by Gasteiger charge is -2.24. The molecule has 0 spiro atoms. The van der Waals surface area contributed by atoms with E-state index in [0.717, 1.165) is 31.0 Å². The quantitative estimate of drug-likeness (QED) is 0.730. The number of rotatable bonds is 4. The molecule has 132 valence electrons. The summed E-state index contributed by atoms with van der Waals surface area (Å²) in [6.07, 6.45) is 5.82. The third-order valence-electron chi connectivity index (χ3n) is 5.30. The predicted molar refractivity (Wildman–Crippen MR) is 93.1 cm³/mol. The Kier molecular flexibility index (Phi) is 3.95. The van der Waals surface area contributed by atoms with Crippen molar-refractivity contribution in [3.05, 3.63) is 52.7 Å². The van der Waals surface area contributed by atoms with Gasteiger partial charge in [0.15, 0.2) is 0 Å². The lowest BCUT2D eigenvalue weighted by atomic mass is 10.0. The van der Waals surface area contributed by atoms with E-state index in [4.69, 9.17) is 4.52 Å². The van der Waals surface area contributed by atoms with Gasteiger partial charge in [-0.05, 0) is 58.7 Å². The minimum atomic E-state index is 0.393. The van der Waals surface area contributed by atoms with Crippen molar-refractivity contribution in [3.8, 4) is 0 Å². The van der Waals surface area contributed by atoms with Gasteiger partial charge in [0.1, 0.15) is 18.4 Å². The zero-order chi connectivity index (χ0) is 17.6. The number of nitrogens with zero attached hydrogens (tertiary/aromatic N) is 6. The highest BCUT2D eigenvalue weighted by Crippen LogP contribution is 2.37. The normalized spacial score (nSPS) is 18.3. The van der Waals surface area contributed by atoms with Gasteiger partial charge in [-0.15, -0.1) is 10.2 Å². The molecule has 1 aliphatic heterocycles. The van der Waals surface area contributed by atoms with Crippen LogP contribution >= 0.6 is 0 Å². The van der Waals surface area contributed by atoms with Gasteiger partial charge < -0.3 is 4.52 Å². The summed E-state index contributed by atoms with van der Waals surface area (Å²) in [6.45, 7) is 10.4. The van der Waals surface area contributed by atoms with Crippen molar-refractivity contribution < 1.29 is 4.52 Å². The maximum atomic E-state index is 5.40. The van der Waals surface area contributed by atoms with E-state index >= 15 is 0 Å². The molecule has 1 saturated heterocycles. The summed E-state index contributed by atoms with van der Waals surface area (Å²) in [5, 5.41) is 12.0. The highest BCUT2D eigenvalue weighted by atomic mass is 16.5. The first-order valence-corrected chi connectivity index (χ1v) is 8.76. The van der Waals surface area contributed by atoms with Gasteiger partial charge >= 0.3 is 0 Å². The lowest BCUT2D eigenvalue weighted by molar-refractivity contribution is 0.245. The van der Waals surface area contributed by atoms with Crippen LogP contribution < -0.4 is 0 Å². The van der Waals surface area contributed by atoms with E-state index in [0.29, 0.717) is 6.04 Å². The van der Waals surface area contributed by atoms with Crippen LogP contribution in [0.4, 0.5) is 0 Å². The number of aryl methyl sites for hydroxylation is 3. The molecule has 4 rings (SSSR count). The summed E-state index contributed by atoms with van der Waals surface area (Å²) < 4.78 is 9.47. The molecular formula is C18H24N6O. The van der Waals surface area contributed by atoms with Gasteiger partial charge in [0.2, 0.25) is 0 Å². The molecule has 1 fully saturated rings. The number of hydrogen-bond donors (Lipinski definition) is 0. The Balaban J connectivity index is 1.63. The van der Waals surface area contributed by atoms with Crippen molar-refractivity contribution in [1.82, 2.24) is 29.6 Å². The minimum absolute atomic E-state index is 0.393. The van der Waals surface area contributed by atoms with Crippen LogP contribution in [0.3, 0.4) is 0 Å². The maximum absolute atomic E-state index is 5.40. The molecule has 4 heterocycles. The first-order valence-electron chi connectivity index (χ1n) is 8.76. The molecule has 0 aromatic carbocycles. The molecule has 3 aromatic heterocycles. The SMILES string of the molecule is Cc1noc(C)c1C1CCCN1Cc1cc(C)n(-n2cnnc2)c1C. The summed E-state index contributed by atoms with van der Waals surface area (Å²) in [6, 6.07) is 2.65. The zero-order valence-electron chi connectivity index (χ0n) is 15.2. The van der Waals surface area contributed by atoms with E-state index in [2.05, 4.69) is 44.8 Å². The van der Waals surface area contributed by atoms with Crippen LogP contribution in [0.5, 0.6) is 0 Å². The molecule has 25 heavy (non-hydrogen) atoms. The molecule has 1 atom stereocenters. The Bertz CT molecular complexity index is 856. The monoisotopic (exact) mass is 340 g/mol. The van der Waals surface area contributed by atoms with Crippen molar-refractivity contribution >= 4 is 0 Å². The van der Waals surface area contributed by atoms with Crippen LogP contribution in [0.25, 0.3) is 0 Å². The minimum Gasteiger partial charge on any atom is -0.361 e. The Morgan fingerprint density at radius 2 is 1.92 bits per heavy atom. The molecule has 0 aliphatic carbocycles. The first-order chi connectivity index (χ1) is 12.1. The average molecular weight is 340 g/mol. The van der Waals surface area contributed by atoms with Gasteiger partial charge in [-0.3, -0.25) is 9.58 Å². The van der Waals surface area contributed by atoms with Gasteiger partial charge in [-0.1, -0.05) is 5.16 Å². The second-order valence-electron chi connectivity index (χ2n) is 6.92. The summed E-state index contributed by atoms with van der Waals surface area (Å²) in [7, 11) is 0. The van der Waals surface area contributed by atoms with Crippen molar-refractivity contribution in [3.63, 3.8) is 0 Å². The molecule has 1 unspecified atom stereocenters. The Morgan fingerprint density at radius 1 is 1.16 bits per heavy atom. The van der Waals surface area contributed by atoms with Gasteiger partial charge in [-0.25, -0.2) is 4.68 Å². The molecule has 0 saturated carbocycles. The molecule has 3 aromatic rings. The maximum Gasteiger partial charge on any atom is 0.139 e. The van der Waals surface area contributed by atoms with Crippen LogP contribution in [-0.2, 0) is 6.54 Å². The van der Waals surface area contributed by atoms with E-state index < -0.39 is 0 Å². The van der Waals surface area contributed by atoms with E-state index in [1.807, 2.05) is 18.5 Å². The second-order valence-corrected chi connectivity index (χ2v) is 6.92. The van der Waals surface area contributed by atoms with Crippen LogP contribution in [0.2, 0.25) is 0 Å². The summed E-state index contributed by atoms with van der Waals surface area (Å²) in [4.78, 5) is 2.55. The molecule has 1 aliphatic rings. The van der Waals surface area contributed by atoms with Crippen LogP contribution in [0.1, 0.15) is 52.9 Å². The van der Waals surface area contributed by atoms with Gasteiger partial charge in [0, 0.05) is 29.5 Å². The third kappa shape index (κ3) is 2.68. The number of aromatic nitrogens is 5. The number of hydrogen-bond acceptors (Lipinski definition) is 5. The van der Waals surface area contributed by atoms with Crippen molar-refractivity contribution in [2.75, 3.05) is 6.54 Å². The van der Waals surface area contributed by atoms with E-state index in [-0.39, 0.29) is 0 Å². The van der Waals surface area contributed by atoms with Crippen molar-refractivity contribution in [2.24, 2.45) is 0 Å². The number of likely N-dealkylation sites (tertiary alicyclic amines) is 1. The lowest BCUT2D eigenvalue weighted by Crippen LogP contribution is -2.24. The Labute approximate surface area is 147 Å². The topological polar surface area (TPSA) is 64.9 Å². The van der Waals surface area contributed by atoms with Crippen LogP contribution in [0, 0.1) is 27.7 Å². The molecule has 0 amide bonds. The standard InChI is InChI=1S/C18H24N6O/c1-12-8-16(14(3)24(12)23-10-19-20-11-23)9-22-7-5-6-17(22)18-13(2)21-25-15(18)4/h8,10-11,17H,5-7,9H2,1-4H3. The Hall–Kier alpha value is -2.41. The van der Waals surface area contributed by atoms with E-state index in [1.165, 1.54) is 28.9 Å². The smallest absolute Gasteiger partial charge is 0.139 e. The fourth-order valence-electron chi connectivity index (χ4n) is 4.16. The zero-order valence-corrected chi connectivity index (χ0v) is 15.2. The Morgan fingerprint density at radius 3 is 2.60 bits per heavy atom. The second kappa shape index (κ2) is 6.15. The summed E-state index contributed by atoms with van der Waals surface area (Å²) in [5.41, 5.74) is 6.03. The fraction of sp³-hybridized carbons (Fsp3) is 0.500. The molecule has 7 nitrogen and oxygen atoms in total. The fourth-order valence-corrected chi connectivity index (χ4v) is 4.16. The summed E-state index contributed by atoms with van der Waals surface area (Å²) >= 11 is 0. The van der Waals surface area contributed by atoms with Crippen LogP contribution in [-0.4, -0.2) is 36.2 Å². The van der Waals surface area contributed by atoms with E-state index in [1.54, 1.807) is 12.7 Å². The largest absolute Gasteiger partial charge is 0.361 e. The van der Waals surface area contributed by atoms with Crippen molar-refractivity contribution in [2.45, 2.75) is 53.1 Å². The summed E-state index contributed by atoms with van der Waals surface area (Å²) in [5.74, 6) is 0.948. The third-order valence-corrected chi connectivity index (χ3v) is 5.30. The van der Waals surface area contributed by atoms with E-state index in [9.17, 15) is 0 Å². The highest BCUT2D eigenvalue weighted by Gasteiger charge is 2.31. The van der Waals surface area contributed by atoms with Crippen LogP contribution in [0.15, 0.2) is 23.2 Å².